The molecule has 0 atom stereocenters. The van der Waals surface area contributed by atoms with Crippen LogP contribution in [0.25, 0.3) is 6.08 Å². The first kappa shape index (κ1) is 20.4. The highest BCUT2D eigenvalue weighted by Gasteiger charge is 2.44. The van der Waals surface area contributed by atoms with Gasteiger partial charge < -0.3 is 9.47 Å². The van der Waals surface area contributed by atoms with Crippen LogP contribution < -0.4 is 9.47 Å². The highest BCUT2D eigenvalue weighted by atomic mass is 16.5. The number of rotatable bonds is 5. The second kappa shape index (κ2) is 7.98. The Bertz CT molecular complexity index is 840. The molecule has 1 saturated heterocycles. The van der Waals surface area contributed by atoms with Gasteiger partial charge in [0.05, 0.1) is 12.6 Å². The average Bonchev–Trinajstić information content (AvgIpc) is 2.68. The molecule has 2 aromatic rings. The summed E-state index contributed by atoms with van der Waals surface area (Å²) in [5.41, 5.74) is 2.38. The van der Waals surface area contributed by atoms with Gasteiger partial charge >= 0.3 is 0 Å². The molecule has 1 aliphatic rings. The third-order valence-corrected chi connectivity index (χ3v) is 5.62. The lowest BCUT2D eigenvalue weighted by atomic mass is 9.77. The molecule has 0 aliphatic carbocycles. The summed E-state index contributed by atoms with van der Waals surface area (Å²) in [5.74, 6) is 1.40. The van der Waals surface area contributed by atoms with E-state index in [0.29, 0.717) is 18.1 Å². The van der Waals surface area contributed by atoms with Crippen molar-refractivity contribution in [1.29, 1.82) is 0 Å². The molecule has 28 heavy (non-hydrogen) atoms. The number of hydrogen-bond donors (Lipinski definition) is 0. The maximum absolute atomic E-state index is 12.8. The molecule has 1 radical (unpaired) electrons. The van der Waals surface area contributed by atoms with Crippen molar-refractivity contribution in [2.45, 2.75) is 58.2 Å². The Morgan fingerprint density at radius 3 is 2.43 bits per heavy atom. The van der Waals surface area contributed by atoms with Crippen molar-refractivity contribution in [1.82, 2.24) is 5.06 Å². The minimum absolute atomic E-state index is 0.343. The van der Waals surface area contributed by atoms with Crippen LogP contribution in [0.3, 0.4) is 0 Å². The molecule has 149 valence electrons. The maximum atomic E-state index is 12.8. The molecule has 0 saturated carbocycles. The molecule has 1 aliphatic heterocycles. The van der Waals surface area contributed by atoms with Gasteiger partial charge in [0.25, 0.3) is 0 Å². The zero-order valence-electron chi connectivity index (χ0n) is 17.5. The molecular weight excluding hydrogens is 350 g/mol. The van der Waals surface area contributed by atoms with Gasteiger partial charge in [-0.25, -0.2) is 0 Å². The van der Waals surface area contributed by atoms with Crippen molar-refractivity contribution in [2.24, 2.45) is 0 Å². The van der Waals surface area contributed by atoms with E-state index in [-0.39, 0.29) is 5.54 Å². The third kappa shape index (κ3) is 4.23. The van der Waals surface area contributed by atoms with Gasteiger partial charge in [0.15, 0.2) is 11.5 Å². The second-order valence-electron chi connectivity index (χ2n) is 8.52. The number of ether oxygens (including phenoxy) is 2. The number of nitrogens with zero attached hydrogens (tertiary/aromatic N) is 1. The summed E-state index contributed by atoms with van der Waals surface area (Å²) in [6, 6.07) is 16.0. The highest BCUT2D eigenvalue weighted by Crippen LogP contribution is 2.41. The Hall–Kier alpha value is -2.30. The largest absolute Gasteiger partial charge is 0.493 e. The van der Waals surface area contributed by atoms with Gasteiger partial charge in [0, 0.05) is 5.54 Å². The van der Waals surface area contributed by atoms with Crippen LogP contribution in [0, 0.1) is 0 Å². The van der Waals surface area contributed by atoms with E-state index in [1.807, 2.05) is 76.2 Å². The van der Waals surface area contributed by atoms with E-state index in [1.54, 1.807) is 7.11 Å². The van der Waals surface area contributed by atoms with Gasteiger partial charge in [0.2, 0.25) is 0 Å². The van der Waals surface area contributed by atoms with Crippen molar-refractivity contribution in [3.05, 3.63) is 65.2 Å². The number of methoxy groups -OCH3 is 1. The smallest absolute Gasteiger partial charge is 0.162 e. The monoisotopic (exact) mass is 380 g/mol. The van der Waals surface area contributed by atoms with Gasteiger partial charge in [0.1, 0.15) is 6.61 Å². The van der Waals surface area contributed by atoms with E-state index < -0.39 is 5.54 Å². The lowest BCUT2D eigenvalue weighted by Gasteiger charge is -2.48. The standard InChI is InChI=1S/C24H30NO3/c1-23(2)14-13-20(24(3,4)25(23)26)15-19-11-12-21(27-5)22(16-19)28-17-18-9-7-6-8-10-18/h6-12,15-16H,13-14,17H2,1-5H3. The molecule has 2 aromatic carbocycles. The zero-order chi connectivity index (χ0) is 20.4. The van der Waals surface area contributed by atoms with Crippen LogP contribution in [0.4, 0.5) is 0 Å². The maximum Gasteiger partial charge on any atom is 0.162 e. The molecule has 1 fully saturated rings. The highest BCUT2D eigenvalue weighted by molar-refractivity contribution is 5.60. The summed E-state index contributed by atoms with van der Waals surface area (Å²) >= 11 is 0. The van der Waals surface area contributed by atoms with E-state index in [4.69, 9.17) is 9.47 Å². The molecule has 0 unspecified atom stereocenters. The van der Waals surface area contributed by atoms with E-state index in [1.165, 1.54) is 5.06 Å². The van der Waals surface area contributed by atoms with Crippen LogP contribution in [0.1, 0.15) is 51.7 Å². The van der Waals surface area contributed by atoms with Crippen molar-refractivity contribution in [3.8, 4) is 11.5 Å². The third-order valence-electron chi connectivity index (χ3n) is 5.62. The van der Waals surface area contributed by atoms with Crippen molar-refractivity contribution in [2.75, 3.05) is 7.11 Å². The molecule has 3 rings (SSSR count). The van der Waals surface area contributed by atoms with Crippen LogP contribution in [-0.4, -0.2) is 23.3 Å². The van der Waals surface area contributed by atoms with Gasteiger partial charge in [-0.2, -0.15) is 0 Å². The molecular formula is C24H30NO3. The predicted octanol–water partition coefficient (Wildman–Crippen LogP) is 5.66. The van der Waals surface area contributed by atoms with Crippen molar-refractivity contribution < 1.29 is 14.7 Å². The Balaban J connectivity index is 1.85. The number of hydrogen-bond acceptors (Lipinski definition) is 3. The van der Waals surface area contributed by atoms with E-state index in [2.05, 4.69) is 6.08 Å². The van der Waals surface area contributed by atoms with Crippen LogP contribution in [-0.2, 0) is 11.8 Å². The van der Waals surface area contributed by atoms with Crippen LogP contribution in [0.15, 0.2) is 54.1 Å². The summed E-state index contributed by atoms with van der Waals surface area (Å²) in [4.78, 5) is 0. The summed E-state index contributed by atoms with van der Waals surface area (Å²) in [6.07, 6.45) is 3.87. The number of benzene rings is 2. The number of hydroxylamine groups is 2. The Morgan fingerprint density at radius 2 is 1.75 bits per heavy atom. The minimum Gasteiger partial charge on any atom is -0.493 e. The molecule has 0 amide bonds. The molecule has 4 nitrogen and oxygen atoms in total. The van der Waals surface area contributed by atoms with E-state index >= 15 is 0 Å². The fourth-order valence-electron chi connectivity index (χ4n) is 3.82. The topological polar surface area (TPSA) is 41.6 Å². The van der Waals surface area contributed by atoms with E-state index in [9.17, 15) is 5.21 Å². The quantitative estimate of drug-likeness (QED) is 0.672. The van der Waals surface area contributed by atoms with E-state index in [0.717, 1.165) is 29.5 Å². The van der Waals surface area contributed by atoms with Crippen molar-refractivity contribution >= 4 is 6.08 Å². The zero-order valence-corrected chi connectivity index (χ0v) is 17.5. The Labute approximate surface area is 168 Å². The van der Waals surface area contributed by atoms with Gasteiger partial charge in [-0.15, -0.1) is 10.3 Å². The molecule has 0 N–H and O–H groups in total. The first-order valence-electron chi connectivity index (χ1n) is 9.77. The first-order valence-corrected chi connectivity index (χ1v) is 9.77. The summed E-state index contributed by atoms with van der Waals surface area (Å²) in [5, 5.41) is 14.1. The van der Waals surface area contributed by atoms with Gasteiger partial charge in [-0.3, -0.25) is 0 Å². The average molecular weight is 381 g/mol. The molecule has 0 spiro atoms. The van der Waals surface area contributed by atoms with Gasteiger partial charge in [-0.05, 0) is 69.4 Å². The lowest BCUT2D eigenvalue weighted by molar-refractivity contribution is -0.272. The lowest BCUT2D eigenvalue weighted by Crippen LogP contribution is -2.56. The van der Waals surface area contributed by atoms with Crippen LogP contribution >= 0.6 is 0 Å². The molecule has 0 bridgehead atoms. The van der Waals surface area contributed by atoms with Crippen LogP contribution in [0.2, 0.25) is 0 Å². The normalized spacial score (nSPS) is 20.1. The molecule has 1 heterocycles. The fraction of sp³-hybridized carbons (Fsp3) is 0.417. The van der Waals surface area contributed by atoms with Crippen LogP contribution in [0.5, 0.6) is 11.5 Å². The second-order valence-corrected chi connectivity index (χ2v) is 8.52. The summed E-state index contributed by atoms with van der Waals surface area (Å²) in [6.45, 7) is 8.51. The van der Waals surface area contributed by atoms with Crippen molar-refractivity contribution in [3.63, 3.8) is 0 Å². The Morgan fingerprint density at radius 1 is 1.04 bits per heavy atom. The summed E-state index contributed by atoms with van der Waals surface area (Å²) < 4.78 is 11.5. The molecule has 4 heteroatoms. The fourth-order valence-corrected chi connectivity index (χ4v) is 3.82. The predicted molar refractivity (Wildman–Crippen MR) is 112 cm³/mol. The minimum atomic E-state index is -0.535. The number of piperidine rings is 1. The van der Waals surface area contributed by atoms with Gasteiger partial charge in [-0.1, -0.05) is 42.5 Å². The first-order chi connectivity index (χ1) is 13.2. The summed E-state index contributed by atoms with van der Waals surface area (Å²) in [7, 11) is 1.64. The SMILES string of the molecule is COc1ccc(C=C2CCC(C)(C)N([O])C2(C)C)cc1OCc1ccccc1. The Kier molecular flexibility index (Phi) is 5.82. The molecule has 0 aromatic heterocycles.